The Morgan fingerprint density at radius 1 is 0.889 bits per heavy atom. The van der Waals surface area contributed by atoms with Gasteiger partial charge in [-0.1, -0.05) is 52.4 Å². The second-order valence-corrected chi connectivity index (χ2v) is 4.90. The number of hydrogen-bond donors (Lipinski definition) is 0. The molecule has 3 nitrogen and oxygen atoms in total. The van der Waals surface area contributed by atoms with Gasteiger partial charge in [-0.15, -0.1) is 0 Å². The summed E-state index contributed by atoms with van der Waals surface area (Å²) in [5, 5.41) is 0. The summed E-state index contributed by atoms with van der Waals surface area (Å²) in [4.78, 5) is 0. The van der Waals surface area contributed by atoms with Crippen molar-refractivity contribution in [1.82, 2.24) is 0 Å². The Balaban J connectivity index is 3.92. The largest absolute Gasteiger partial charge is 0.331 e. The zero-order valence-electron chi connectivity index (χ0n) is 13.0. The quantitative estimate of drug-likeness (QED) is 0.385. The highest BCUT2D eigenvalue weighted by Gasteiger charge is 2.37. The molecule has 0 aromatic heterocycles. The first kappa shape index (κ1) is 17.9. The number of methoxy groups -OCH3 is 2. The average molecular weight is 260 g/mol. The molecule has 0 aliphatic heterocycles. The molecular weight excluding hydrogens is 228 g/mol. The van der Waals surface area contributed by atoms with E-state index in [0.29, 0.717) is 6.61 Å². The van der Waals surface area contributed by atoms with Crippen LogP contribution in [0.5, 0.6) is 0 Å². The van der Waals surface area contributed by atoms with E-state index in [0.717, 1.165) is 6.42 Å². The molecule has 0 aliphatic rings. The minimum Gasteiger partial charge on any atom is -0.331 e. The first-order valence-electron chi connectivity index (χ1n) is 7.41. The van der Waals surface area contributed by atoms with Crippen LogP contribution in [0.2, 0.25) is 0 Å². The van der Waals surface area contributed by atoms with E-state index < -0.39 is 5.97 Å². The van der Waals surface area contributed by atoms with Crippen LogP contribution in [0, 0.1) is 5.92 Å². The van der Waals surface area contributed by atoms with E-state index in [1.807, 2.05) is 6.92 Å². The summed E-state index contributed by atoms with van der Waals surface area (Å²) in [7, 11) is 3.30. The smallest absolute Gasteiger partial charge is 0.285 e. The molecule has 0 aliphatic carbocycles. The van der Waals surface area contributed by atoms with E-state index in [2.05, 4.69) is 13.8 Å². The molecule has 0 aromatic rings. The standard InChI is InChI=1S/C15H32O3/c1-6-8-9-10-11-12-13-14(3)15(16-4,17-5)18-7-2/h14H,6-13H2,1-5H3. The average Bonchev–Trinajstić information content (AvgIpc) is 2.40. The number of unbranched alkanes of at least 4 members (excludes halogenated alkanes) is 5. The molecule has 0 radical (unpaired) electrons. The fourth-order valence-corrected chi connectivity index (χ4v) is 2.35. The van der Waals surface area contributed by atoms with Gasteiger partial charge in [0.15, 0.2) is 0 Å². The number of hydrogen-bond acceptors (Lipinski definition) is 3. The zero-order valence-corrected chi connectivity index (χ0v) is 13.0. The Bertz CT molecular complexity index is 179. The lowest BCUT2D eigenvalue weighted by molar-refractivity contribution is -0.385. The molecule has 110 valence electrons. The molecule has 0 aromatic carbocycles. The summed E-state index contributed by atoms with van der Waals surface area (Å²) in [5.41, 5.74) is 0. The lowest BCUT2D eigenvalue weighted by atomic mass is 9.99. The van der Waals surface area contributed by atoms with Crippen molar-refractivity contribution in [2.24, 2.45) is 5.92 Å². The van der Waals surface area contributed by atoms with Crippen molar-refractivity contribution in [3.8, 4) is 0 Å². The van der Waals surface area contributed by atoms with Crippen molar-refractivity contribution in [2.45, 2.75) is 71.7 Å². The van der Waals surface area contributed by atoms with Crippen molar-refractivity contribution >= 4 is 0 Å². The van der Waals surface area contributed by atoms with Crippen molar-refractivity contribution in [1.29, 1.82) is 0 Å². The van der Waals surface area contributed by atoms with Crippen LogP contribution in [-0.2, 0) is 14.2 Å². The molecule has 1 unspecified atom stereocenters. The molecule has 0 bridgehead atoms. The molecule has 1 atom stereocenters. The van der Waals surface area contributed by atoms with Crippen molar-refractivity contribution in [2.75, 3.05) is 20.8 Å². The van der Waals surface area contributed by atoms with Gasteiger partial charge in [0.05, 0.1) is 0 Å². The fraction of sp³-hybridized carbons (Fsp3) is 1.00. The molecule has 0 spiro atoms. The van der Waals surface area contributed by atoms with Gasteiger partial charge in [0, 0.05) is 26.7 Å². The highest BCUT2D eigenvalue weighted by molar-refractivity contribution is 4.66. The van der Waals surface area contributed by atoms with Crippen LogP contribution in [-0.4, -0.2) is 26.8 Å². The van der Waals surface area contributed by atoms with Gasteiger partial charge in [0.1, 0.15) is 0 Å². The Kier molecular flexibility index (Phi) is 10.7. The van der Waals surface area contributed by atoms with E-state index in [-0.39, 0.29) is 5.92 Å². The van der Waals surface area contributed by atoms with Crippen molar-refractivity contribution in [3.05, 3.63) is 0 Å². The molecular formula is C15H32O3. The summed E-state index contributed by atoms with van der Waals surface area (Å²) in [5.74, 6) is -0.614. The normalized spacial score (nSPS) is 13.8. The monoisotopic (exact) mass is 260 g/mol. The number of rotatable bonds is 12. The molecule has 0 saturated carbocycles. The maximum atomic E-state index is 5.64. The second-order valence-electron chi connectivity index (χ2n) is 4.90. The minimum atomic E-state index is -0.863. The van der Waals surface area contributed by atoms with Crippen LogP contribution in [0.4, 0.5) is 0 Å². The third-order valence-corrected chi connectivity index (χ3v) is 3.51. The van der Waals surface area contributed by atoms with E-state index in [9.17, 15) is 0 Å². The Morgan fingerprint density at radius 2 is 1.44 bits per heavy atom. The highest BCUT2D eigenvalue weighted by atomic mass is 16.9. The Hall–Kier alpha value is -0.120. The Morgan fingerprint density at radius 3 is 1.94 bits per heavy atom. The first-order chi connectivity index (χ1) is 8.66. The van der Waals surface area contributed by atoms with E-state index in [1.165, 1.54) is 38.5 Å². The summed E-state index contributed by atoms with van der Waals surface area (Å²) in [6, 6.07) is 0. The van der Waals surface area contributed by atoms with Crippen LogP contribution < -0.4 is 0 Å². The molecule has 0 N–H and O–H groups in total. The zero-order chi connectivity index (χ0) is 13.9. The lowest BCUT2D eigenvalue weighted by Gasteiger charge is -2.35. The molecule has 0 fully saturated rings. The predicted molar refractivity (Wildman–Crippen MR) is 75.5 cm³/mol. The van der Waals surface area contributed by atoms with Crippen LogP contribution in [0.15, 0.2) is 0 Å². The maximum absolute atomic E-state index is 5.64. The van der Waals surface area contributed by atoms with E-state index in [4.69, 9.17) is 14.2 Å². The summed E-state index contributed by atoms with van der Waals surface area (Å²) < 4.78 is 16.5. The number of ether oxygens (including phenoxy) is 3. The Labute approximate surface area is 113 Å². The van der Waals surface area contributed by atoms with Gasteiger partial charge in [0.2, 0.25) is 0 Å². The summed E-state index contributed by atoms with van der Waals surface area (Å²) in [6.07, 6.45) is 8.93. The molecule has 0 saturated heterocycles. The molecule has 0 rings (SSSR count). The van der Waals surface area contributed by atoms with Crippen molar-refractivity contribution < 1.29 is 14.2 Å². The van der Waals surface area contributed by atoms with Gasteiger partial charge in [-0.2, -0.15) is 0 Å². The second kappa shape index (κ2) is 10.8. The van der Waals surface area contributed by atoms with Gasteiger partial charge >= 0.3 is 0 Å². The van der Waals surface area contributed by atoms with Crippen LogP contribution in [0.3, 0.4) is 0 Å². The predicted octanol–water partition coefficient (Wildman–Crippen LogP) is 4.36. The minimum absolute atomic E-state index is 0.249. The topological polar surface area (TPSA) is 27.7 Å². The van der Waals surface area contributed by atoms with E-state index in [1.54, 1.807) is 14.2 Å². The van der Waals surface area contributed by atoms with Crippen LogP contribution in [0.25, 0.3) is 0 Å². The summed E-state index contributed by atoms with van der Waals surface area (Å²) in [6.45, 7) is 6.94. The molecule has 0 amide bonds. The molecule has 0 heterocycles. The molecule has 18 heavy (non-hydrogen) atoms. The third kappa shape index (κ3) is 6.17. The van der Waals surface area contributed by atoms with Crippen molar-refractivity contribution in [3.63, 3.8) is 0 Å². The highest BCUT2D eigenvalue weighted by Crippen LogP contribution is 2.28. The van der Waals surface area contributed by atoms with Crippen LogP contribution >= 0.6 is 0 Å². The van der Waals surface area contributed by atoms with Crippen LogP contribution in [0.1, 0.15) is 65.7 Å². The first-order valence-corrected chi connectivity index (χ1v) is 7.41. The van der Waals surface area contributed by atoms with Gasteiger partial charge in [-0.05, 0) is 13.3 Å². The summed E-state index contributed by atoms with van der Waals surface area (Å²) >= 11 is 0. The molecule has 3 heteroatoms. The SMILES string of the molecule is CCCCCCCCC(C)C(OC)(OC)OCC. The maximum Gasteiger partial charge on any atom is 0.285 e. The third-order valence-electron chi connectivity index (χ3n) is 3.51. The lowest BCUT2D eigenvalue weighted by Crippen LogP contribution is -2.43. The van der Waals surface area contributed by atoms with Gasteiger partial charge < -0.3 is 14.2 Å². The van der Waals surface area contributed by atoms with Gasteiger partial charge in [-0.3, -0.25) is 0 Å². The fourth-order valence-electron chi connectivity index (χ4n) is 2.35. The van der Waals surface area contributed by atoms with E-state index >= 15 is 0 Å². The van der Waals surface area contributed by atoms with Gasteiger partial charge in [0.25, 0.3) is 5.97 Å². The van der Waals surface area contributed by atoms with Gasteiger partial charge in [-0.25, -0.2) is 0 Å².